The average molecular weight is 319 g/mol. The largest absolute Gasteiger partial charge is 0.337 e. The molecule has 0 bridgehead atoms. The van der Waals surface area contributed by atoms with E-state index in [1.165, 1.54) is 6.33 Å². The van der Waals surface area contributed by atoms with Crippen molar-refractivity contribution in [3.63, 3.8) is 0 Å². The van der Waals surface area contributed by atoms with Gasteiger partial charge >= 0.3 is 0 Å². The van der Waals surface area contributed by atoms with Gasteiger partial charge in [-0.05, 0) is 13.8 Å². The number of nitrogens with one attached hydrogen (secondary N) is 1. The summed E-state index contributed by atoms with van der Waals surface area (Å²) in [6, 6.07) is 12.3. The van der Waals surface area contributed by atoms with E-state index in [0.29, 0.717) is 11.8 Å². The standard InChI is InChI=1S/C17H17N7/c1-12(2)23-10-14(9-19-23)21-16-8-15(13-6-4-3-5-7-13)22-17-18-11-20-24(16)17/h3-12,21H,1-2H3. The Bertz CT molecular complexity index is 969. The zero-order chi connectivity index (χ0) is 16.5. The summed E-state index contributed by atoms with van der Waals surface area (Å²) in [6.07, 6.45) is 5.27. The monoisotopic (exact) mass is 319 g/mol. The van der Waals surface area contributed by atoms with E-state index in [1.54, 1.807) is 10.7 Å². The predicted molar refractivity (Wildman–Crippen MR) is 92.1 cm³/mol. The summed E-state index contributed by atoms with van der Waals surface area (Å²) >= 11 is 0. The molecule has 7 heteroatoms. The van der Waals surface area contributed by atoms with Crippen molar-refractivity contribution in [3.05, 3.63) is 55.1 Å². The Balaban J connectivity index is 1.77. The van der Waals surface area contributed by atoms with Crippen LogP contribution in [0.2, 0.25) is 0 Å². The maximum atomic E-state index is 4.57. The molecule has 3 aromatic heterocycles. The second-order valence-electron chi connectivity index (χ2n) is 5.79. The average Bonchev–Trinajstić information content (AvgIpc) is 3.24. The van der Waals surface area contributed by atoms with Gasteiger partial charge < -0.3 is 5.32 Å². The van der Waals surface area contributed by atoms with Crippen LogP contribution in [0.1, 0.15) is 19.9 Å². The molecule has 0 radical (unpaired) electrons. The van der Waals surface area contributed by atoms with Crippen molar-refractivity contribution >= 4 is 17.3 Å². The van der Waals surface area contributed by atoms with Crippen molar-refractivity contribution in [2.45, 2.75) is 19.9 Å². The van der Waals surface area contributed by atoms with E-state index >= 15 is 0 Å². The number of rotatable bonds is 4. The van der Waals surface area contributed by atoms with E-state index in [1.807, 2.05) is 47.3 Å². The van der Waals surface area contributed by atoms with Crippen LogP contribution in [-0.2, 0) is 0 Å². The van der Waals surface area contributed by atoms with Gasteiger partial charge in [-0.15, -0.1) is 0 Å². The molecule has 4 rings (SSSR count). The first-order valence-corrected chi connectivity index (χ1v) is 7.78. The highest BCUT2D eigenvalue weighted by Crippen LogP contribution is 2.23. The molecule has 0 aliphatic heterocycles. The van der Waals surface area contributed by atoms with E-state index in [9.17, 15) is 0 Å². The van der Waals surface area contributed by atoms with Crippen LogP contribution in [0.25, 0.3) is 17.0 Å². The third-order valence-corrected chi connectivity index (χ3v) is 3.72. The van der Waals surface area contributed by atoms with Gasteiger partial charge in [0.05, 0.1) is 17.6 Å². The Labute approximate surface area is 139 Å². The lowest BCUT2D eigenvalue weighted by Gasteiger charge is -2.09. The van der Waals surface area contributed by atoms with E-state index in [-0.39, 0.29) is 0 Å². The van der Waals surface area contributed by atoms with Gasteiger partial charge in [0.1, 0.15) is 12.1 Å². The van der Waals surface area contributed by atoms with Crippen molar-refractivity contribution < 1.29 is 0 Å². The lowest BCUT2D eigenvalue weighted by molar-refractivity contribution is 0.532. The summed E-state index contributed by atoms with van der Waals surface area (Å²) in [5, 5.41) is 12.0. The minimum Gasteiger partial charge on any atom is -0.337 e. The highest BCUT2D eigenvalue weighted by atomic mass is 15.4. The molecule has 1 N–H and O–H groups in total. The number of aromatic nitrogens is 6. The predicted octanol–water partition coefficient (Wildman–Crippen LogP) is 3.31. The van der Waals surface area contributed by atoms with Gasteiger partial charge in [-0.1, -0.05) is 30.3 Å². The van der Waals surface area contributed by atoms with Crippen LogP contribution in [0.4, 0.5) is 11.5 Å². The van der Waals surface area contributed by atoms with Crippen LogP contribution >= 0.6 is 0 Å². The summed E-state index contributed by atoms with van der Waals surface area (Å²) in [7, 11) is 0. The second-order valence-corrected chi connectivity index (χ2v) is 5.79. The number of nitrogens with zero attached hydrogens (tertiary/aromatic N) is 6. The Morgan fingerprint density at radius 1 is 1.08 bits per heavy atom. The SMILES string of the molecule is CC(C)n1cc(Nc2cc(-c3ccccc3)nc3ncnn23)cn1. The highest BCUT2D eigenvalue weighted by Gasteiger charge is 2.10. The molecule has 3 heterocycles. The molecule has 0 aliphatic rings. The zero-order valence-corrected chi connectivity index (χ0v) is 13.5. The van der Waals surface area contributed by atoms with Gasteiger partial charge in [-0.2, -0.15) is 19.7 Å². The minimum absolute atomic E-state index is 0.309. The lowest BCUT2D eigenvalue weighted by Crippen LogP contribution is -2.03. The van der Waals surface area contributed by atoms with Crippen molar-refractivity contribution in [3.8, 4) is 11.3 Å². The van der Waals surface area contributed by atoms with Crippen LogP contribution in [0.5, 0.6) is 0 Å². The van der Waals surface area contributed by atoms with Gasteiger partial charge in [0.25, 0.3) is 5.78 Å². The molecular formula is C17H17N7. The molecule has 120 valence electrons. The van der Waals surface area contributed by atoms with Gasteiger partial charge in [0.15, 0.2) is 0 Å². The zero-order valence-electron chi connectivity index (χ0n) is 13.5. The Morgan fingerprint density at radius 3 is 2.67 bits per heavy atom. The quantitative estimate of drug-likeness (QED) is 0.625. The molecule has 7 nitrogen and oxygen atoms in total. The van der Waals surface area contributed by atoms with Gasteiger partial charge in [-0.25, -0.2) is 4.98 Å². The van der Waals surface area contributed by atoms with Crippen LogP contribution in [0, 0.1) is 0 Å². The van der Waals surface area contributed by atoms with Gasteiger partial charge in [0.2, 0.25) is 0 Å². The van der Waals surface area contributed by atoms with Crippen LogP contribution in [0.15, 0.2) is 55.1 Å². The van der Waals surface area contributed by atoms with Gasteiger partial charge in [0, 0.05) is 23.9 Å². The lowest BCUT2D eigenvalue weighted by atomic mass is 10.1. The summed E-state index contributed by atoms with van der Waals surface area (Å²) in [6.45, 7) is 4.18. The minimum atomic E-state index is 0.309. The van der Waals surface area contributed by atoms with E-state index in [4.69, 9.17) is 0 Å². The maximum Gasteiger partial charge on any atom is 0.254 e. The third kappa shape index (κ3) is 2.60. The summed E-state index contributed by atoms with van der Waals surface area (Å²) < 4.78 is 3.58. The smallest absolute Gasteiger partial charge is 0.254 e. The molecule has 1 aromatic carbocycles. The number of fused-ring (bicyclic) bond motifs is 1. The maximum absolute atomic E-state index is 4.57. The fraction of sp³-hybridized carbons (Fsp3) is 0.176. The molecule has 0 unspecified atom stereocenters. The Hall–Kier alpha value is -3.22. The van der Waals surface area contributed by atoms with Gasteiger partial charge in [-0.3, -0.25) is 4.68 Å². The molecule has 0 atom stereocenters. The molecule has 0 saturated heterocycles. The topological polar surface area (TPSA) is 72.9 Å². The summed E-state index contributed by atoms with van der Waals surface area (Å²) in [4.78, 5) is 8.79. The van der Waals surface area contributed by atoms with Crippen LogP contribution in [0.3, 0.4) is 0 Å². The molecule has 4 aromatic rings. The van der Waals surface area contributed by atoms with E-state index in [2.05, 4.69) is 39.3 Å². The fourth-order valence-electron chi connectivity index (χ4n) is 2.49. The molecule has 0 saturated carbocycles. The molecule has 0 amide bonds. The number of hydrogen-bond acceptors (Lipinski definition) is 5. The van der Waals surface area contributed by atoms with E-state index < -0.39 is 0 Å². The molecule has 24 heavy (non-hydrogen) atoms. The number of benzene rings is 1. The van der Waals surface area contributed by atoms with Crippen molar-refractivity contribution in [1.82, 2.24) is 29.4 Å². The Kier molecular flexibility index (Phi) is 3.45. The normalized spacial score (nSPS) is 11.3. The van der Waals surface area contributed by atoms with Crippen molar-refractivity contribution in [1.29, 1.82) is 0 Å². The van der Waals surface area contributed by atoms with Crippen LogP contribution in [-0.4, -0.2) is 29.4 Å². The van der Waals surface area contributed by atoms with Crippen LogP contribution < -0.4 is 5.32 Å². The number of hydrogen-bond donors (Lipinski definition) is 1. The van der Waals surface area contributed by atoms with E-state index in [0.717, 1.165) is 22.8 Å². The fourth-order valence-corrected chi connectivity index (χ4v) is 2.49. The summed E-state index contributed by atoms with van der Waals surface area (Å²) in [5.41, 5.74) is 2.77. The third-order valence-electron chi connectivity index (χ3n) is 3.72. The van der Waals surface area contributed by atoms with Crippen molar-refractivity contribution in [2.75, 3.05) is 5.32 Å². The first-order valence-electron chi connectivity index (χ1n) is 7.78. The molecule has 0 aliphatic carbocycles. The molecule has 0 spiro atoms. The highest BCUT2D eigenvalue weighted by molar-refractivity contribution is 5.67. The molecule has 0 fully saturated rings. The number of anilines is 2. The van der Waals surface area contributed by atoms with Crippen molar-refractivity contribution in [2.24, 2.45) is 0 Å². The second kappa shape index (κ2) is 5.77. The molecular weight excluding hydrogens is 302 g/mol. The first kappa shape index (κ1) is 14.4. The summed E-state index contributed by atoms with van der Waals surface area (Å²) in [5.74, 6) is 1.34. The Morgan fingerprint density at radius 2 is 1.92 bits per heavy atom. The first-order chi connectivity index (χ1) is 11.7.